The van der Waals surface area contributed by atoms with Crippen molar-refractivity contribution in [3.8, 4) is 0 Å². The van der Waals surface area contributed by atoms with E-state index in [4.69, 9.17) is 5.11 Å². The molecule has 4 nitrogen and oxygen atoms in total. The van der Waals surface area contributed by atoms with Crippen LogP contribution in [0.2, 0.25) is 0 Å². The molecule has 152 valence electrons. The third-order valence-electron chi connectivity index (χ3n) is 6.38. The van der Waals surface area contributed by atoms with Crippen molar-refractivity contribution in [2.45, 2.75) is 78.2 Å². The van der Waals surface area contributed by atoms with Gasteiger partial charge in [0.2, 0.25) is 0 Å². The molecule has 0 bridgehead atoms. The van der Waals surface area contributed by atoms with Gasteiger partial charge in [0.15, 0.2) is 5.78 Å². The SMILES string of the molecule is CCCCC(C)(C)[C@H](O)C=C[C@H]1C=CC(=O)[C@@H]1CCCC[C@@H]1C[C@H]1C(=O)O. The molecule has 0 aromatic carbocycles. The van der Waals surface area contributed by atoms with Crippen LogP contribution in [0.5, 0.6) is 0 Å². The third-order valence-corrected chi connectivity index (χ3v) is 6.38. The summed E-state index contributed by atoms with van der Waals surface area (Å²) in [5, 5.41) is 19.5. The lowest BCUT2D eigenvalue weighted by molar-refractivity contribution is -0.138. The van der Waals surface area contributed by atoms with Crippen LogP contribution >= 0.6 is 0 Å². The average molecular weight is 377 g/mol. The van der Waals surface area contributed by atoms with E-state index in [0.29, 0.717) is 5.92 Å². The second-order valence-corrected chi connectivity index (χ2v) is 9.09. The smallest absolute Gasteiger partial charge is 0.306 e. The van der Waals surface area contributed by atoms with Crippen molar-refractivity contribution in [3.63, 3.8) is 0 Å². The highest BCUT2D eigenvalue weighted by Crippen LogP contribution is 2.42. The van der Waals surface area contributed by atoms with Crippen LogP contribution in [0.1, 0.15) is 72.1 Å². The van der Waals surface area contributed by atoms with Crippen molar-refractivity contribution in [2.75, 3.05) is 0 Å². The quantitative estimate of drug-likeness (QED) is 0.380. The van der Waals surface area contributed by atoms with Gasteiger partial charge in [-0.2, -0.15) is 0 Å². The van der Waals surface area contributed by atoms with Crippen LogP contribution in [-0.2, 0) is 9.59 Å². The number of aliphatic carboxylic acids is 1. The zero-order chi connectivity index (χ0) is 20.0. The second kappa shape index (κ2) is 9.68. The number of hydrogen-bond acceptors (Lipinski definition) is 3. The van der Waals surface area contributed by atoms with E-state index in [1.54, 1.807) is 6.08 Å². The molecule has 0 aromatic rings. The predicted molar refractivity (Wildman–Crippen MR) is 107 cm³/mol. The molecule has 4 heteroatoms. The van der Waals surface area contributed by atoms with E-state index >= 15 is 0 Å². The Kier molecular flexibility index (Phi) is 7.84. The van der Waals surface area contributed by atoms with E-state index in [1.165, 1.54) is 0 Å². The molecule has 0 radical (unpaired) electrons. The molecule has 0 amide bonds. The highest BCUT2D eigenvalue weighted by Gasteiger charge is 2.42. The zero-order valence-electron chi connectivity index (χ0n) is 17.1. The van der Waals surface area contributed by atoms with Crippen LogP contribution in [-0.4, -0.2) is 28.1 Å². The van der Waals surface area contributed by atoms with Crippen molar-refractivity contribution < 1.29 is 19.8 Å². The Bertz CT molecular complexity index is 575. The number of aliphatic hydroxyl groups excluding tert-OH is 1. The minimum absolute atomic E-state index is 0.0262. The molecular formula is C23H36O4. The lowest BCUT2D eigenvalue weighted by Crippen LogP contribution is -2.27. The highest BCUT2D eigenvalue weighted by atomic mass is 16.4. The second-order valence-electron chi connectivity index (χ2n) is 9.09. The van der Waals surface area contributed by atoms with Gasteiger partial charge in [0.05, 0.1) is 12.0 Å². The van der Waals surface area contributed by atoms with Crippen molar-refractivity contribution in [1.29, 1.82) is 0 Å². The topological polar surface area (TPSA) is 74.6 Å². The molecule has 1 saturated carbocycles. The largest absolute Gasteiger partial charge is 0.481 e. The summed E-state index contributed by atoms with van der Waals surface area (Å²) < 4.78 is 0. The summed E-state index contributed by atoms with van der Waals surface area (Å²) in [6.07, 6.45) is 14.8. The van der Waals surface area contributed by atoms with Crippen molar-refractivity contribution in [3.05, 3.63) is 24.3 Å². The fourth-order valence-electron chi connectivity index (χ4n) is 4.10. The molecule has 27 heavy (non-hydrogen) atoms. The van der Waals surface area contributed by atoms with Crippen LogP contribution in [0.4, 0.5) is 0 Å². The van der Waals surface area contributed by atoms with Gasteiger partial charge in [-0.05, 0) is 43.1 Å². The van der Waals surface area contributed by atoms with E-state index in [-0.39, 0.29) is 29.0 Å². The fourth-order valence-corrected chi connectivity index (χ4v) is 4.10. The molecule has 0 aromatic heterocycles. The minimum atomic E-state index is -0.666. The molecule has 0 aliphatic heterocycles. The van der Waals surface area contributed by atoms with Crippen LogP contribution in [0.3, 0.4) is 0 Å². The molecule has 2 N–H and O–H groups in total. The Morgan fingerprint density at radius 2 is 2.00 bits per heavy atom. The number of carbonyl (C=O) groups is 2. The number of allylic oxidation sites excluding steroid dienone is 3. The third kappa shape index (κ3) is 6.31. The van der Waals surface area contributed by atoms with E-state index in [0.717, 1.165) is 51.4 Å². The first-order valence-electron chi connectivity index (χ1n) is 10.6. The Labute approximate surface area is 163 Å². The minimum Gasteiger partial charge on any atom is -0.481 e. The number of carboxylic acid groups (broad SMARTS) is 1. The Morgan fingerprint density at radius 3 is 2.63 bits per heavy atom. The number of carbonyl (C=O) groups excluding carboxylic acids is 1. The summed E-state index contributed by atoms with van der Waals surface area (Å²) in [5.41, 5.74) is -0.153. The van der Waals surface area contributed by atoms with E-state index < -0.39 is 12.1 Å². The number of rotatable bonds is 12. The zero-order valence-corrected chi connectivity index (χ0v) is 17.1. The van der Waals surface area contributed by atoms with Gasteiger partial charge in [-0.3, -0.25) is 9.59 Å². The van der Waals surface area contributed by atoms with E-state index in [1.807, 2.05) is 18.2 Å². The lowest BCUT2D eigenvalue weighted by atomic mass is 9.80. The summed E-state index contributed by atoms with van der Waals surface area (Å²) in [4.78, 5) is 23.1. The van der Waals surface area contributed by atoms with Crippen LogP contribution in [0.15, 0.2) is 24.3 Å². The Hall–Kier alpha value is -1.42. The normalized spacial score (nSPS) is 28.8. The summed E-state index contributed by atoms with van der Waals surface area (Å²) in [6.45, 7) is 6.34. The first kappa shape index (κ1) is 21.9. The maximum Gasteiger partial charge on any atom is 0.306 e. The van der Waals surface area contributed by atoms with Gasteiger partial charge >= 0.3 is 5.97 Å². The van der Waals surface area contributed by atoms with Gasteiger partial charge in [-0.25, -0.2) is 0 Å². The number of aliphatic hydroxyl groups is 1. The van der Waals surface area contributed by atoms with Crippen LogP contribution in [0, 0.1) is 29.1 Å². The summed E-state index contributed by atoms with van der Waals surface area (Å²) in [5.74, 6) is -0.229. The van der Waals surface area contributed by atoms with Crippen molar-refractivity contribution >= 4 is 11.8 Å². The fraction of sp³-hybridized carbons (Fsp3) is 0.739. The van der Waals surface area contributed by atoms with Gasteiger partial charge in [-0.1, -0.05) is 64.7 Å². The number of hydrogen-bond donors (Lipinski definition) is 2. The van der Waals surface area contributed by atoms with Gasteiger partial charge in [-0.15, -0.1) is 0 Å². The van der Waals surface area contributed by atoms with Gasteiger partial charge in [0.1, 0.15) is 0 Å². The summed E-state index contributed by atoms with van der Waals surface area (Å²) in [7, 11) is 0. The maximum atomic E-state index is 12.2. The molecule has 0 spiro atoms. The molecule has 1 fully saturated rings. The van der Waals surface area contributed by atoms with Gasteiger partial charge in [0.25, 0.3) is 0 Å². The lowest BCUT2D eigenvalue weighted by Gasteiger charge is -2.29. The predicted octanol–water partition coefficient (Wildman–Crippen LogP) is 4.77. The first-order chi connectivity index (χ1) is 12.8. The molecule has 0 unspecified atom stereocenters. The molecular weight excluding hydrogens is 340 g/mol. The van der Waals surface area contributed by atoms with Crippen molar-refractivity contribution in [1.82, 2.24) is 0 Å². The molecule has 0 heterocycles. The monoisotopic (exact) mass is 376 g/mol. The molecule has 2 rings (SSSR count). The number of ketones is 1. The van der Waals surface area contributed by atoms with E-state index in [2.05, 4.69) is 20.8 Å². The number of unbranched alkanes of at least 4 members (excludes halogenated alkanes) is 2. The first-order valence-corrected chi connectivity index (χ1v) is 10.6. The van der Waals surface area contributed by atoms with Gasteiger partial charge < -0.3 is 10.2 Å². The standard InChI is InChI=1S/C23H36O4/c1-4-5-14-23(2,3)21(25)13-11-16-10-12-20(24)18(16)9-7-6-8-17-15-19(17)22(26)27/h10-13,16-19,21,25H,4-9,14-15H2,1-3H3,(H,26,27)/t16-,17-,18-,19-,21-/m1/s1. The Morgan fingerprint density at radius 1 is 1.30 bits per heavy atom. The summed E-state index contributed by atoms with van der Waals surface area (Å²) >= 11 is 0. The van der Waals surface area contributed by atoms with Gasteiger partial charge in [0, 0.05) is 11.8 Å². The molecule has 5 atom stereocenters. The molecule has 0 saturated heterocycles. The Balaban J connectivity index is 1.77. The highest BCUT2D eigenvalue weighted by molar-refractivity contribution is 5.94. The number of carboxylic acids is 1. The summed E-state index contributed by atoms with van der Waals surface area (Å²) in [6, 6.07) is 0. The van der Waals surface area contributed by atoms with Crippen LogP contribution in [0.25, 0.3) is 0 Å². The molecule has 2 aliphatic carbocycles. The van der Waals surface area contributed by atoms with E-state index in [9.17, 15) is 14.7 Å². The molecule has 2 aliphatic rings. The average Bonchev–Trinajstić information content (AvgIpc) is 3.32. The maximum absolute atomic E-state index is 12.2. The van der Waals surface area contributed by atoms with Crippen molar-refractivity contribution in [2.24, 2.45) is 29.1 Å². The van der Waals surface area contributed by atoms with Crippen LogP contribution < -0.4 is 0 Å².